The summed E-state index contributed by atoms with van der Waals surface area (Å²) in [5.74, 6) is 0.264. The third-order valence-electron chi connectivity index (χ3n) is 3.39. The second kappa shape index (κ2) is 6.87. The molecule has 0 saturated carbocycles. The quantitative estimate of drug-likeness (QED) is 0.913. The normalized spacial score (nSPS) is 11.7. The van der Waals surface area contributed by atoms with Gasteiger partial charge in [-0.15, -0.1) is 0 Å². The van der Waals surface area contributed by atoms with Crippen molar-refractivity contribution in [2.24, 2.45) is 0 Å². The Morgan fingerprint density at radius 1 is 1.24 bits per heavy atom. The first kappa shape index (κ1) is 15.0. The first-order chi connectivity index (χ1) is 10.1. The van der Waals surface area contributed by atoms with Gasteiger partial charge in [-0.05, 0) is 43.8 Å². The highest BCUT2D eigenvalue weighted by Crippen LogP contribution is 2.19. The summed E-state index contributed by atoms with van der Waals surface area (Å²) >= 11 is 0. The lowest BCUT2D eigenvalue weighted by molar-refractivity contribution is 0.299. The molecule has 21 heavy (non-hydrogen) atoms. The zero-order valence-electron chi connectivity index (χ0n) is 12.1. The molecule has 0 radical (unpaired) electrons. The Morgan fingerprint density at radius 3 is 2.52 bits per heavy atom. The minimum atomic E-state index is -0.422. The van der Waals surface area contributed by atoms with E-state index in [0.29, 0.717) is 16.9 Å². The fraction of sp³-hybridized carbons (Fsp3) is 0.235. The Labute approximate surface area is 124 Å². The number of hydrogen-bond acceptors (Lipinski definition) is 3. The molecule has 3 nitrogen and oxygen atoms in total. The maximum absolute atomic E-state index is 13.7. The van der Waals surface area contributed by atoms with Crippen molar-refractivity contribution in [3.05, 3.63) is 65.0 Å². The molecular formula is C17H17FN2O. The van der Waals surface area contributed by atoms with Gasteiger partial charge in [-0.1, -0.05) is 18.2 Å². The summed E-state index contributed by atoms with van der Waals surface area (Å²) in [6.45, 7) is 2.21. The van der Waals surface area contributed by atoms with Crippen LogP contribution in [-0.2, 0) is 6.61 Å². The van der Waals surface area contributed by atoms with Gasteiger partial charge in [-0.2, -0.15) is 5.26 Å². The number of benzene rings is 2. The molecule has 0 saturated heterocycles. The second-order valence-corrected chi connectivity index (χ2v) is 4.79. The first-order valence-corrected chi connectivity index (χ1v) is 6.72. The highest BCUT2D eigenvalue weighted by Gasteiger charge is 2.06. The molecule has 1 atom stereocenters. The van der Waals surface area contributed by atoms with E-state index >= 15 is 0 Å². The van der Waals surface area contributed by atoms with Gasteiger partial charge in [0, 0.05) is 11.6 Å². The maximum atomic E-state index is 13.7. The molecule has 1 unspecified atom stereocenters. The average molecular weight is 284 g/mol. The van der Waals surface area contributed by atoms with E-state index in [0.717, 1.165) is 5.56 Å². The molecule has 0 aliphatic carbocycles. The van der Waals surface area contributed by atoms with E-state index in [1.165, 1.54) is 6.07 Å². The van der Waals surface area contributed by atoms with Crippen molar-refractivity contribution in [3.8, 4) is 11.8 Å². The number of hydrogen-bond donors (Lipinski definition) is 1. The molecule has 0 aliphatic rings. The predicted molar refractivity (Wildman–Crippen MR) is 79.4 cm³/mol. The van der Waals surface area contributed by atoms with E-state index in [-0.39, 0.29) is 12.6 Å². The summed E-state index contributed by atoms with van der Waals surface area (Å²) in [6, 6.07) is 14.2. The van der Waals surface area contributed by atoms with Crippen molar-refractivity contribution in [2.45, 2.75) is 19.6 Å². The van der Waals surface area contributed by atoms with E-state index < -0.39 is 5.82 Å². The van der Waals surface area contributed by atoms with Gasteiger partial charge in [-0.25, -0.2) is 4.39 Å². The molecule has 0 bridgehead atoms. The molecule has 2 rings (SSSR count). The summed E-state index contributed by atoms with van der Waals surface area (Å²) in [7, 11) is 1.91. The van der Waals surface area contributed by atoms with Crippen molar-refractivity contribution in [3.63, 3.8) is 0 Å². The fourth-order valence-corrected chi connectivity index (χ4v) is 1.91. The Balaban J connectivity index is 2.02. The smallest absolute Gasteiger partial charge is 0.131 e. The standard InChI is InChI=1S/C17H17FN2O/c1-12(20-2)14-5-7-16(8-6-14)21-11-15-4-3-13(10-19)9-17(15)18/h3-9,12,20H,11H2,1-2H3. The number of nitriles is 1. The fourth-order valence-electron chi connectivity index (χ4n) is 1.91. The molecule has 0 fully saturated rings. The number of halogens is 1. The van der Waals surface area contributed by atoms with Crippen molar-refractivity contribution >= 4 is 0 Å². The number of nitrogens with zero attached hydrogens (tertiary/aromatic N) is 1. The van der Waals surface area contributed by atoms with Gasteiger partial charge >= 0.3 is 0 Å². The highest BCUT2D eigenvalue weighted by atomic mass is 19.1. The van der Waals surface area contributed by atoms with Crippen LogP contribution in [0.2, 0.25) is 0 Å². The lowest BCUT2D eigenvalue weighted by Crippen LogP contribution is -2.11. The van der Waals surface area contributed by atoms with Crippen molar-refractivity contribution in [1.29, 1.82) is 5.26 Å². The average Bonchev–Trinajstić information content (AvgIpc) is 2.53. The Kier molecular flexibility index (Phi) is 4.91. The van der Waals surface area contributed by atoms with Gasteiger partial charge in [0.05, 0.1) is 11.6 Å². The van der Waals surface area contributed by atoms with Crippen molar-refractivity contribution < 1.29 is 9.13 Å². The van der Waals surface area contributed by atoms with Gasteiger partial charge < -0.3 is 10.1 Å². The molecule has 1 N–H and O–H groups in total. The predicted octanol–water partition coefficient (Wildman–Crippen LogP) is 3.56. The molecule has 0 heterocycles. The van der Waals surface area contributed by atoms with E-state index in [9.17, 15) is 4.39 Å². The summed E-state index contributed by atoms with van der Waals surface area (Å²) in [6.07, 6.45) is 0. The highest BCUT2D eigenvalue weighted by molar-refractivity contribution is 5.33. The summed E-state index contributed by atoms with van der Waals surface area (Å²) in [5, 5.41) is 11.9. The minimum absolute atomic E-state index is 0.137. The van der Waals surface area contributed by atoms with E-state index in [2.05, 4.69) is 12.2 Å². The topological polar surface area (TPSA) is 45.0 Å². The van der Waals surface area contributed by atoms with E-state index in [4.69, 9.17) is 10.00 Å². The number of rotatable bonds is 5. The van der Waals surface area contributed by atoms with Gasteiger partial charge in [0.25, 0.3) is 0 Å². The Morgan fingerprint density at radius 2 is 1.95 bits per heavy atom. The zero-order chi connectivity index (χ0) is 15.2. The third-order valence-corrected chi connectivity index (χ3v) is 3.39. The largest absolute Gasteiger partial charge is 0.489 e. The minimum Gasteiger partial charge on any atom is -0.489 e. The van der Waals surface area contributed by atoms with Crippen molar-refractivity contribution in [2.75, 3.05) is 7.05 Å². The van der Waals surface area contributed by atoms with Crippen molar-refractivity contribution in [1.82, 2.24) is 5.32 Å². The van der Waals surface area contributed by atoms with Crippen LogP contribution < -0.4 is 10.1 Å². The first-order valence-electron chi connectivity index (χ1n) is 6.72. The molecule has 0 aromatic heterocycles. The molecule has 0 spiro atoms. The third kappa shape index (κ3) is 3.80. The number of nitrogens with one attached hydrogen (secondary N) is 1. The van der Waals surface area contributed by atoms with Crippen LogP contribution in [0.3, 0.4) is 0 Å². The molecule has 0 amide bonds. The molecule has 4 heteroatoms. The SMILES string of the molecule is CNC(C)c1ccc(OCc2ccc(C#N)cc2F)cc1. The van der Waals surface area contributed by atoms with Gasteiger partial charge in [0.1, 0.15) is 18.2 Å². The van der Waals surface area contributed by atoms with Crippen LogP contribution >= 0.6 is 0 Å². The van der Waals surface area contributed by atoms with Gasteiger partial charge in [0.2, 0.25) is 0 Å². The summed E-state index contributed by atoms with van der Waals surface area (Å²) in [4.78, 5) is 0. The van der Waals surface area contributed by atoms with E-state index in [1.54, 1.807) is 12.1 Å². The zero-order valence-corrected chi connectivity index (χ0v) is 12.1. The summed E-state index contributed by atoms with van der Waals surface area (Å²) in [5.41, 5.74) is 1.90. The van der Waals surface area contributed by atoms with Crippen LogP contribution in [0.25, 0.3) is 0 Å². The maximum Gasteiger partial charge on any atom is 0.131 e. The molecular weight excluding hydrogens is 267 g/mol. The monoisotopic (exact) mass is 284 g/mol. The number of ether oxygens (including phenoxy) is 1. The van der Waals surface area contributed by atoms with Crippen LogP contribution in [0.15, 0.2) is 42.5 Å². The van der Waals surface area contributed by atoms with Gasteiger partial charge in [-0.3, -0.25) is 0 Å². The van der Waals surface area contributed by atoms with Crippen LogP contribution in [0.5, 0.6) is 5.75 Å². The van der Waals surface area contributed by atoms with E-state index in [1.807, 2.05) is 37.4 Å². The van der Waals surface area contributed by atoms with Gasteiger partial charge in [0.15, 0.2) is 0 Å². The van der Waals surface area contributed by atoms with Crippen LogP contribution in [0.1, 0.15) is 29.7 Å². The Hall–Kier alpha value is -2.38. The molecule has 108 valence electrons. The van der Waals surface area contributed by atoms with Crippen LogP contribution in [0, 0.1) is 17.1 Å². The molecule has 0 aliphatic heterocycles. The summed E-state index contributed by atoms with van der Waals surface area (Å²) < 4.78 is 19.3. The lowest BCUT2D eigenvalue weighted by Gasteiger charge is -2.12. The molecule has 2 aromatic rings. The van der Waals surface area contributed by atoms with Crippen LogP contribution in [0.4, 0.5) is 4.39 Å². The Bertz CT molecular complexity index is 647. The lowest BCUT2D eigenvalue weighted by atomic mass is 10.1. The second-order valence-electron chi connectivity index (χ2n) is 4.79. The van der Waals surface area contributed by atoms with Crippen LogP contribution in [-0.4, -0.2) is 7.05 Å². The molecule has 2 aromatic carbocycles.